The molecule has 0 saturated heterocycles. The molecule has 4 aliphatic rings. The van der Waals surface area contributed by atoms with Gasteiger partial charge in [-0.25, -0.2) is 0 Å². The molecule has 286 valence electrons. The molecule has 2 nitrogen and oxygen atoms in total. The predicted octanol–water partition coefficient (Wildman–Crippen LogP) is 14.2. The second kappa shape index (κ2) is 14.6. The van der Waals surface area contributed by atoms with Crippen molar-refractivity contribution in [2.75, 3.05) is 4.90 Å². The van der Waals surface area contributed by atoms with Crippen LogP contribution in [0.1, 0.15) is 80.7 Å². The highest BCUT2D eigenvalue weighted by atomic mass is 16.3. The topological polar surface area (TPSA) is 16.4 Å². The molecule has 0 spiro atoms. The summed E-state index contributed by atoms with van der Waals surface area (Å²) < 4.78 is 44.6. The number of hydrogen-bond donors (Lipinski definition) is 0. The second-order valence-electron chi connectivity index (χ2n) is 16.1. The highest BCUT2D eigenvalue weighted by molar-refractivity contribution is 6.12. The Kier molecular flexibility index (Phi) is 7.78. The zero-order chi connectivity index (χ0) is 42.7. The molecule has 7 aromatic rings. The highest BCUT2D eigenvalue weighted by Gasteiger charge is 2.53. The van der Waals surface area contributed by atoms with Crippen LogP contribution in [0.2, 0.25) is 0 Å². The zero-order valence-corrected chi connectivity index (χ0v) is 32.9. The van der Waals surface area contributed by atoms with E-state index in [4.69, 9.17) is 5.79 Å². The lowest BCUT2D eigenvalue weighted by molar-refractivity contribution is 0.452. The summed E-state index contributed by atoms with van der Waals surface area (Å²) in [5, 5.41) is 1.79. The molecule has 1 heterocycles. The minimum atomic E-state index is -1.25. The van der Waals surface area contributed by atoms with E-state index in [0.717, 1.165) is 71.1 Å². The monoisotopic (exact) mass is 765 g/mol. The van der Waals surface area contributed by atoms with Crippen molar-refractivity contribution in [3.8, 4) is 0 Å². The van der Waals surface area contributed by atoms with Crippen LogP contribution in [-0.4, -0.2) is 6.04 Å². The van der Waals surface area contributed by atoms with Gasteiger partial charge >= 0.3 is 0 Å². The van der Waals surface area contributed by atoms with E-state index in [1.807, 2.05) is 42.5 Å². The fourth-order valence-corrected chi connectivity index (χ4v) is 10.7. The standard InChI is InChI=1S/C57H47NO/c1-2-43(25-17-20-40-37-39-19-9-10-26-45(39)47-28-12-11-27-46(40)47)58(53-32-18-34-55-56(53)50-30-14-16-33-54(50)59-55)44-35-36-49-48-29-13-15-31-51(48)57(52(49)38-44,41-21-5-3-6-22-41)42-23-7-4-8-24-42/h2-9,11,13-24,27,29-38,43,49,52H,1,10,12,25-26,28H2/b20-17+/i1D,2D,17D,25D/b2-1?,20-17+. The number of benzene rings is 6. The molecule has 0 amide bonds. The maximum Gasteiger partial charge on any atom is 0.137 e. The number of hydrogen-bond acceptors (Lipinski definition) is 2. The summed E-state index contributed by atoms with van der Waals surface area (Å²) in [5.74, 6) is -0.0662. The first-order valence-corrected chi connectivity index (χ1v) is 20.9. The van der Waals surface area contributed by atoms with Gasteiger partial charge < -0.3 is 9.32 Å². The minimum Gasteiger partial charge on any atom is -0.456 e. The summed E-state index contributed by atoms with van der Waals surface area (Å²) in [5.41, 5.74) is 13.3. The fraction of sp³-hybridized carbons (Fsp3) is 0.158. The maximum absolute atomic E-state index is 10.1. The van der Waals surface area contributed by atoms with E-state index in [0.29, 0.717) is 5.58 Å². The van der Waals surface area contributed by atoms with Crippen molar-refractivity contribution < 1.29 is 9.90 Å². The van der Waals surface area contributed by atoms with Crippen LogP contribution in [0.4, 0.5) is 5.69 Å². The van der Waals surface area contributed by atoms with Gasteiger partial charge in [0, 0.05) is 24.3 Å². The predicted molar refractivity (Wildman–Crippen MR) is 248 cm³/mol. The SMILES string of the molecule is [2H]C=C([2H])C(C([2H])/C([2H])=C/c1cc2c(c3c1C=CCC3)CCC=C2)N(C1=CC2C(C=C1)c1ccccc1C2(c1ccccc1)c1ccccc1)c1cccc2oc3ccccc3c12. The Balaban J connectivity index is 1.14. The van der Waals surface area contributed by atoms with Crippen molar-refractivity contribution in [2.24, 2.45) is 5.92 Å². The Morgan fingerprint density at radius 2 is 1.53 bits per heavy atom. The number of rotatable bonds is 9. The summed E-state index contributed by atoms with van der Waals surface area (Å²) in [6.45, 7) is 1.05. The number of furan rings is 1. The van der Waals surface area contributed by atoms with E-state index in [9.17, 15) is 4.11 Å². The zero-order valence-electron chi connectivity index (χ0n) is 36.9. The van der Waals surface area contributed by atoms with Gasteiger partial charge in [0.1, 0.15) is 11.2 Å². The molecule has 0 saturated carbocycles. The Morgan fingerprint density at radius 1 is 0.797 bits per heavy atom. The van der Waals surface area contributed by atoms with Crippen molar-refractivity contribution in [3.05, 3.63) is 238 Å². The molecule has 4 unspecified atom stereocenters. The molecule has 0 bridgehead atoms. The lowest BCUT2D eigenvalue weighted by atomic mass is 9.63. The van der Waals surface area contributed by atoms with Gasteiger partial charge in [-0.05, 0) is 112 Å². The van der Waals surface area contributed by atoms with Gasteiger partial charge in [-0.2, -0.15) is 0 Å². The van der Waals surface area contributed by atoms with Gasteiger partial charge in [-0.15, -0.1) is 6.55 Å². The van der Waals surface area contributed by atoms with Gasteiger partial charge in [0.15, 0.2) is 0 Å². The van der Waals surface area contributed by atoms with Crippen LogP contribution in [0.3, 0.4) is 0 Å². The lowest BCUT2D eigenvalue weighted by Crippen LogP contribution is -2.38. The van der Waals surface area contributed by atoms with Crippen LogP contribution in [-0.2, 0) is 18.3 Å². The van der Waals surface area contributed by atoms with Crippen LogP contribution >= 0.6 is 0 Å². The molecular formula is C57H47NO. The summed E-state index contributed by atoms with van der Waals surface area (Å²) in [6, 6.07) is 45.5. The van der Waals surface area contributed by atoms with E-state index >= 15 is 0 Å². The Labute approximate surface area is 353 Å². The number of fused-ring (bicyclic) bond motifs is 9. The molecule has 4 atom stereocenters. The van der Waals surface area contributed by atoms with Gasteiger partial charge in [0.2, 0.25) is 0 Å². The van der Waals surface area contributed by atoms with Crippen molar-refractivity contribution in [1.82, 2.24) is 0 Å². The second-order valence-corrected chi connectivity index (χ2v) is 16.1. The number of allylic oxidation sites excluding steroid dienone is 5. The average molecular weight is 766 g/mol. The van der Waals surface area contributed by atoms with Gasteiger partial charge in [-0.3, -0.25) is 0 Å². The fourth-order valence-electron chi connectivity index (χ4n) is 10.7. The lowest BCUT2D eigenvalue weighted by Gasteiger charge is -2.41. The minimum absolute atomic E-state index is 0.0362. The first-order valence-electron chi connectivity index (χ1n) is 23.1. The van der Waals surface area contributed by atoms with Crippen molar-refractivity contribution >= 4 is 45.9 Å². The molecule has 1 aromatic heterocycles. The van der Waals surface area contributed by atoms with E-state index in [1.54, 1.807) is 0 Å². The normalized spacial score (nSPS) is 21.0. The quantitative estimate of drug-likeness (QED) is 0.136. The van der Waals surface area contributed by atoms with E-state index in [2.05, 4.69) is 144 Å². The van der Waals surface area contributed by atoms with Crippen molar-refractivity contribution in [1.29, 1.82) is 0 Å². The van der Waals surface area contributed by atoms with Crippen LogP contribution in [0.15, 0.2) is 193 Å². The van der Waals surface area contributed by atoms with E-state index in [1.165, 1.54) is 38.9 Å². The van der Waals surface area contributed by atoms with E-state index < -0.39 is 17.9 Å². The summed E-state index contributed by atoms with van der Waals surface area (Å²) >= 11 is 0. The first-order chi connectivity index (χ1) is 31.0. The average Bonchev–Trinajstić information content (AvgIpc) is 3.87. The van der Waals surface area contributed by atoms with Gasteiger partial charge in [0.05, 0.1) is 26.6 Å². The van der Waals surface area contributed by atoms with Crippen molar-refractivity contribution in [3.63, 3.8) is 0 Å². The van der Waals surface area contributed by atoms with Crippen LogP contribution in [0.5, 0.6) is 0 Å². The summed E-state index contributed by atoms with van der Waals surface area (Å²) in [7, 11) is 0. The molecule has 0 aliphatic heterocycles. The highest BCUT2D eigenvalue weighted by Crippen LogP contribution is 2.60. The summed E-state index contributed by atoms with van der Waals surface area (Å²) in [4.78, 5) is 2.07. The Hall–Kier alpha value is -6.64. The van der Waals surface area contributed by atoms with Gasteiger partial charge in [0.25, 0.3) is 0 Å². The molecule has 0 radical (unpaired) electrons. The first kappa shape index (κ1) is 31.4. The molecule has 2 heteroatoms. The molecule has 4 aliphatic carbocycles. The molecular weight excluding hydrogens is 715 g/mol. The third kappa shape index (κ3) is 5.69. The molecule has 0 fully saturated rings. The van der Waals surface area contributed by atoms with Crippen LogP contribution < -0.4 is 4.90 Å². The molecule has 59 heavy (non-hydrogen) atoms. The molecule has 11 rings (SSSR count). The third-order valence-electron chi connectivity index (χ3n) is 13.1. The van der Waals surface area contributed by atoms with E-state index in [-0.39, 0.29) is 23.9 Å². The Bertz CT molecular complexity index is 3060. The van der Waals surface area contributed by atoms with Crippen molar-refractivity contribution in [2.45, 2.75) is 49.5 Å². The van der Waals surface area contributed by atoms with Crippen LogP contribution in [0.25, 0.3) is 40.2 Å². The number of anilines is 1. The Morgan fingerprint density at radius 3 is 2.36 bits per heavy atom. The van der Waals surface area contributed by atoms with Gasteiger partial charge in [-0.1, -0.05) is 164 Å². The summed E-state index contributed by atoms with van der Waals surface area (Å²) in [6.07, 6.45) is 20.2. The number of para-hydroxylation sites is 1. The maximum atomic E-state index is 10.1. The molecule has 6 aromatic carbocycles. The number of nitrogens with zero attached hydrogens (tertiary/aromatic N) is 1. The third-order valence-corrected chi connectivity index (χ3v) is 13.1. The smallest absolute Gasteiger partial charge is 0.137 e. The molecule has 0 N–H and O–H groups in total. The van der Waals surface area contributed by atoms with Crippen LogP contribution in [0, 0.1) is 5.92 Å². The largest absolute Gasteiger partial charge is 0.456 e.